The fraction of sp³-hybridized carbons (Fsp3) is 0.455. The highest BCUT2D eigenvalue weighted by molar-refractivity contribution is 7.98. The smallest absolute Gasteiger partial charge is 0.273 e. The molecule has 0 aliphatic rings. The molecule has 0 fully saturated rings. The van der Waals surface area contributed by atoms with Crippen molar-refractivity contribution in [2.24, 2.45) is 0 Å². The number of hydrogen-bond acceptors (Lipinski definition) is 4. The second kappa shape index (κ2) is 6.71. The van der Waals surface area contributed by atoms with Crippen molar-refractivity contribution in [3.63, 3.8) is 0 Å². The van der Waals surface area contributed by atoms with E-state index in [1.165, 1.54) is 6.07 Å². The lowest BCUT2D eigenvalue weighted by Gasteiger charge is -2.19. The summed E-state index contributed by atoms with van der Waals surface area (Å²) in [6.07, 6.45) is 2.05. The molecule has 0 unspecified atom stereocenters. The van der Waals surface area contributed by atoms with Crippen LogP contribution in [0.25, 0.3) is 0 Å². The Kier molecular flexibility index (Phi) is 5.58. The van der Waals surface area contributed by atoms with Crippen molar-refractivity contribution in [3.05, 3.63) is 33.9 Å². The molecule has 1 aromatic rings. The normalized spacial score (nSPS) is 10.3. The average molecular weight is 275 g/mol. The van der Waals surface area contributed by atoms with E-state index < -0.39 is 4.92 Å². The summed E-state index contributed by atoms with van der Waals surface area (Å²) in [5, 5.41) is 10.8. The fourth-order valence-corrected chi connectivity index (χ4v) is 2.12. The van der Waals surface area contributed by atoms with Crippen molar-refractivity contribution >= 4 is 34.7 Å². The molecule has 0 aromatic heterocycles. The van der Waals surface area contributed by atoms with Crippen molar-refractivity contribution in [2.45, 2.75) is 5.88 Å². The Hall–Kier alpha value is -0.940. The van der Waals surface area contributed by atoms with Crippen molar-refractivity contribution in [1.29, 1.82) is 0 Å². The van der Waals surface area contributed by atoms with Gasteiger partial charge in [0.2, 0.25) is 0 Å². The number of alkyl halides is 1. The molecular formula is C11H15ClN2O2S. The van der Waals surface area contributed by atoms with Gasteiger partial charge in [0.25, 0.3) is 5.69 Å². The second-order valence-corrected chi connectivity index (χ2v) is 4.87. The van der Waals surface area contributed by atoms with E-state index in [9.17, 15) is 10.1 Å². The van der Waals surface area contributed by atoms with Gasteiger partial charge in [-0.25, -0.2) is 0 Å². The van der Waals surface area contributed by atoms with Gasteiger partial charge in [-0.3, -0.25) is 10.1 Å². The van der Waals surface area contributed by atoms with E-state index in [2.05, 4.69) is 4.90 Å². The monoisotopic (exact) mass is 274 g/mol. The minimum atomic E-state index is -0.399. The molecule has 4 nitrogen and oxygen atoms in total. The predicted octanol–water partition coefficient (Wildman–Crippen LogP) is 3.13. The lowest BCUT2D eigenvalue weighted by atomic mass is 10.1. The number of nitro groups is 1. The third-order valence-corrected chi connectivity index (χ3v) is 3.35. The number of rotatable bonds is 6. The number of benzene rings is 1. The van der Waals surface area contributed by atoms with Crippen molar-refractivity contribution in [3.8, 4) is 0 Å². The van der Waals surface area contributed by atoms with Gasteiger partial charge in [-0.15, -0.1) is 11.6 Å². The van der Waals surface area contributed by atoms with Crippen LogP contribution in [0.5, 0.6) is 0 Å². The lowest BCUT2D eigenvalue weighted by molar-refractivity contribution is -0.385. The lowest BCUT2D eigenvalue weighted by Crippen LogP contribution is -2.20. The maximum atomic E-state index is 10.8. The number of nitro benzene ring substituents is 1. The largest absolute Gasteiger partial charge is 0.374 e. The van der Waals surface area contributed by atoms with Crippen LogP contribution in [0.15, 0.2) is 18.2 Å². The second-order valence-electron chi connectivity index (χ2n) is 3.62. The summed E-state index contributed by atoms with van der Waals surface area (Å²) in [7, 11) is 1.97. The van der Waals surface area contributed by atoms with E-state index >= 15 is 0 Å². The van der Waals surface area contributed by atoms with Gasteiger partial charge < -0.3 is 4.90 Å². The van der Waals surface area contributed by atoms with Crippen molar-refractivity contribution in [2.75, 3.05) is 30.5 Å². The molecule has 0 radical (unpaired) electrons. The minimum Gasteiger partial charge on any atom is -0.374 e. The molecule has 0 aliphatic carbocycles. The SMILES string of the molecule is CSCCN(C)c1ccc([N+](=O)[O-])c(CCl)c1. The number of hydrogen-bond donors (Lipinski definition) is 0. The first kappa shape index (κ1) is 14.1. The van der Waals surface area contributed by atoms with Gasteiger partial charge in [0.15, 0.2) is 0 Å². The molecule has 0 N–H and O–H groups in total. The summed E-state index contributed by atoms with van der Waals surface area (Å²) in [5.74, 6) is 1.17. The van der Waals surface area contributed by atoms with Crippen LogP contribution in [0.3, 0.4) is 0 Å². The van der Waals surface area contributed by atoms with E-state index in [1.807, 2.05) is 13.3 Å². The molecule has 1 rings (SSSR count). The molecule has 1 aromatic carbocycles. The van der Waals surface area contributed by atoms with Crippen LogP contribution in [0.2, 0.25) is 0 Å². The molecule has 17 heavy (non-hydrogen) atoms. The molecule has 94 valence electrons. The minimum absolute atomic E-state index is 0.0852. The molecule has 0 atom stereocenters. The average Bonchev–Trinajstić information content (AvgIpc) is 2.34. The summed E-state index contributed by atoms with van der Waals surface area (Å²) >= 11 is 7.50. The van der Waals surface area contributed by atoms with Crippen LogP contribution in [-0.2, 0) is 5.88 Å². The Morgan fingerprint density at radius 1 is 1.53 bits per heavy atom. The van der Waals surface area contributed by atoms with Gasteiger partial charge in [-0.1, -0.05) is 0 Å². The first-order chi connectivity index (χ1) is 8.10. The van der Waals surface area contributed by atoms with Gasteiger partial charge in [0.1, 0.15) is 0 Å². The van der Waals surface area contributed by atoms with Crippen LogP contribution in [0.4, 0.5) is 11.4 Å². The first-order valence-corrected chi connectivity index (χ1v) is 7.06. The Balaban J connectivity index is 2.92. The molecule has 0 aliphatic heterocycles. The zero-order chi connectivity index (χ0) is 12.8. The first-order valence-electron chi connectivity index (χ1n) is 5.13. The van der Waals surface area contributed by atoms with Crippen LogP contribution >= 0.6 is 23.4 Å². The summed E-state index contributed by atoms with van der Waals surface area (Å²) < 4.78 is 0. The van der Waals surface area contributed by atoms with Crippen LogP contribution < -0.4 is 4.90 Å². The number of thioether (sulfide) groups is 1. The highest BCUT2D eigenvalue weighted by atomic mass is 35.5. The number of nitrogens with zero attached hydrogens (tertiary/aromatic N) is 2. The molecule has 0 spiro atoms. The Morgan fingerprint density at radius 2 is 2.24 bits per heavy atom. The highest BCUT2D eigenvalue weighted by Crippen LogP contribution is 2.25. The van der Waals surface area contributed by atoms with Crippen LogP contribution in [0.1, 0.15) is 5.56 Å². The maximum absolute atomic E-state index is 10.8. The fourth-order valence-electron chi connectivity index (χ4n) is 1.45. The van der Waals surface area contributed by atoms with E-state index in [-0.39, 0.29) is 11.6 Å². The van der Waals surface area contributed by atoms with Gasteiger partial charge in [0, 0.05) is 36.7 Å². The van der Waals surface area contributed by atoms with Crippen molar-refractivity contribution in [1.82, 2.24) is 0 Å². The number of anilines is 1. The maximum Gasteiger partial charge on any atom is 0.273 e. The molecule has 6 heteroatoms. The third kappa shape index (κ3) is 3.78. The Bertz CT molecular complexity index is 401. The Labute approximate surface area is 110 Å². The van der Waals surface area contributed by atoms with Crippen LogP contribution in [0, 0.1) is 10.1 Å². The quantitative estimate of drug-likeness (QED) is 0.454. The summed E-state index contributed by atoms with van der Waals surface area (Å²) in [6.45, 7) is 0.903. The standard InChI is InChI=1S/C11H15ClN2O2S/c1-13(5-6-17-2)10-3-4-11(14(15)16)9(7-10)8-12/h3-4,7H,5-6,8H2,1-2H3. The van der Waals surface area contributed by atoms with Gasteiger partial charge in [-0.2, -0.15) is 11.8 Å². The number of halogens is 1. The summed E-state index contributed by atoms with van der Waals surface area (Å²) in [4.78, 5) is 12.4. The van der Waals surface area contributed by atoms with Gasteiger partial charge in [0.05, 0.1) is 10.8 Å². The third-order valence-electron chi connectivity index (χ3n) is 2.48. The zero-order valence-electron chi connectivity index (χ0n) is 9.85. The van der Waals surface area contributed by atoms with E-state index in [0.29, 0.717) is 5.56 Å². The molecule has 0 bridgehead atoms. The Morgan fingerprint density at radius 3 is 2.76 bits per heavy atom. The molecule has 0 heterocycles. The van der Waals surface area contributed by atoms with Crippen LogP contribution in [-0.4, -0.2) is 30.5 Å². The van der Waals surface area contributed by atoms with Crippen molar-refractivity contribution < 1.29 is 4.92 Å². The highest BCUT2D eigenvalue weighted by Gasteiger charge is 2.14. The predicted molar refractivity (Wildman–Crippen MR) is 74.3 cm³/mol. The molecule has 0 saturated heterocycles. The summed E-state index contributed by atoms with van der Waals surface area (Å²) in [6, 6.07) is 5.06. The zero-order valence-corrected chi connectivity index (χ0v) is 11.4. The summed E-state index contributed by atoms with van der Waals surface area (Å²) in [5.41, 5.74) is 1.60. The van der Waals surface area contributed by atoms with E-state index in [4.69, 9.17) is 11.6 Å². The van der Waals surface area contributed by atoms with E-state index in [1.54, 1.807) is 23.9 Å². The van der Waals surface area contributed by atoms with Gasteiger partial charge in [-0.05, 0) is 18.4 Å². The topological polar surface area (TPSA) is 46.4 Å². The molecule has 0 saturated carbocycles. The molecular weight excluding hydrogens is 260 g/mol. The molecule has 0 amide bonds. The van der Waals surface area contributed by atoms with E-state index in [0.717, 1.165) is 18.0 Å². The van der Waals surface area contributed by atoms with Gasteiger partial charge >= 0.3 is 0 Å².